The molecular weight excluding hydrogens is 404 g/mol. The molecule has 6 nitrogen and oxygen atoms in total. The number of rotatable bonds is 2. The van der Waals surface area contributed by atoms with Crippen LogP contribution in [0.15, 0.2) is 42.5 Å². The highest BCUT2D eigenvalue weighted by molar-refractivity contribution is 6.19. The Balaban J connectivity index is 1.70. The molecule has 158 valence electrons. The molecule has 0 saturated carbocycles. The van der Waals surface area contributed by atoms with Crippen molar-refractivity contribution in [1.82, 2.24) is 10.2 Å². The number of carbonyl (C=O) groups excluding carboxylic acids is 3. The molecule has 8 heteroatoms. The molecule has 1 atom stereocenters. The smallest absolute Gasteiger partial charge is 0.332 e. The van der Waals surface area contributed by atoms with E-state index in [-0.39, 0.29) is 31.5 Å². The van der Waals surface area contributed by atoms with Gasteiger partial charge in [0, 0.05) is 24.2 Å². The van der Waals surface area contributed by atoms with E-state index in [4.69, 9.17) is 0 Å². The van der Waals surface area contributed by atoms with Crippen LogP contribution in [-0.2, 0) is 9.59 Å². The topological polar surface area (TPSA) is 69.7 Å². The fourth-order valence-corrected chi connectivity index (χ4v) is 4.01. The van der Waals surface area contributed by atoms with Gasteiger partial charge in [0.05, 0.1) is 6.42 Å². The van der Waals surface area contributed by atoms with Crippen LogP contribution in [0.1, 0.15) is 30.9 Å². The first-order chi connectivity index (χ1) is 14.9. The summed E-state index contributed by atoms with van der Waals surface area (Å²) in [4.78, 5) is 40.0. The van der Waals surface area contributed by atoms with Gasteiger partial charge in [0.15, 0.2) is 11.6 Å². The van der Waals surface area contributed by atoms with E-state index < -0.39 is 40.7 Å². The van der Waals surface area contributed by atoms with Crippen molar-refractivity contribution in [2.75, 3.05) is 18.0 Å². The zero-order chi connectivity index (χ0) is 22.2. The summed E-state index contributed by atoms with van der Waals surface area (Å²) < 4.78 is 29.8. The number of fused-ring (bicyclic) bond motifs is 1. The first-order valence-corrected chi connectivity index (χ1v) is 9.86. The van der Waals surface area contributed by atoms with Gasteiger partial charge in [-0.1, -0.05) is 37.0 Å². The van der Waals surface area contributed by atoms with Crippen LogP contribution < -0.4 is 10.2 Å². The number of hydrogen-bond acceptors (Lipinski definition) is 3. The summed E-state index contributed by atoms with van der Waals surface area (Å²) in [5.74, 6) is 2.06. The molecule has 2 aliphatic heterocycles. The SMILES string of the molecule is CC[C@@]12CC(=O)N(c3c(F)cc(C#Cc4ccccc4)cc3F)C(=O)N1CCNC2=O. The zero-order valence-electron chi connectivity index (χ0n) is 16.7. The first-order valence-electron chi connectivity index (χ1n) is 9.86. The summed E-state index contributed by atoms with van der Waals surface area (Å²) in [6.07, 6.45) is -0.140. The third kappa shape index (κ3) is 3.42. The van der Waals surface area contributed by atoms with Crippen molar-refractivity contribution in [1.29, 1.82) is 0 Å². The number of imide groups is 1. The molecule has 2 saturated heterocycles. The number of benzene rings is 2. The summed E-state index contributed by atoms with van der Waals surface area (Å²) in [6.45, 7) is 2.04. The van der Waals surface area contributed by atoms with Crippen LogP contribution in [0.5, 0.6) is 0 Å². The van der Waals surface area contributed by atoms with Gasteiger partial charge in [-0.3, -0.25) is 9.59 Å². The number of amides is 4. The molecule has 0 aromatic heterocycles. The Hall–Kier alpha value is -3.73. The minimum Gasteiger partial charge on any atom is -0.352 e. The van der Waals surface area contributed by atoms with Crippen molar-refractivity contribution in [2.45, 2.75) is 25.3 Å². The molecule has 2 fully saturated rings. The second kappa shape index (κ2) is 7.84. The summed E-state index contributed by atoms with van der Waals surface area (Å²) >= 11 is 0. The lowest BCUT2D eigenvalue weighted by Gasteiger charge is -2.50. The number of anilines is 1. The number of halogens is 2. The Morgan fingerprint density at radius 3 is 2.32 bits per heavy atom. The fraction of sp³-hybridized carbons (Fsp3) is 0.261. The average molecular weight is 423 g/mol. The van der Waals surface area contributed by atoms with Crippen LogP contribution in [0.25, 0.3) is 0 Å². The van der Waals surface area contributed by atoms with Crippen LogP contribution in [0.4, 0.5) is 19.3 Å². The van der Waals surface area contributed by atoms with E-state index in [1.54, 1.807) is 31.2 Å². The van der Waals surface area contributed by atoms with Crippen molar-refractivity contribution < 1.29 is 23.2 Å². The van der Waals surface area contributed by atoms with Crippen molar-refractivity contribution in [3.05, 3.63) is 65.2 Å². The fourth-order valence-electron chi connectivity index (χ4n) is 4.01. The van der Waals surface area contributed by atoms with E-state index in [2.05, 4.69) is 17.2 Å². The molecule has 2 aliphatic rings. The highest BCUT2D eigenvalue weighted by atomic mass is 19.1. The van der Waals surface area contributed by atoms with E-state index >= 15 is 0 Å². The van der Waals surface area contributed by atoms with Gasteiger partial charge < -0.3 is 10.2 Å². The lowest BCUT2D eigenvalue weighted by Crippen LogP contribution is -2.73. The van der Waals surface area contributed by atoms with Crippen LogP contribution in [0.3, 0.4) is 0 Å². The highest BCUT2D eigenvalue weighted by Gasteiger charge is 2.55. The number of piperazine rings is 1. The van der Waals surface area contributed by atoms with Gasteiger partial charge in [0.25, 0.3) is 0 Å². The maximum Gasteiger partial charge on any atom is 0.332 e. The van der Waals surface area contributed by atoms with Crippen molar-refractivity contribution in [3.8, 4) is 11.8 Å². The van der Waals surface area contributed by atoms with Gasteiger partial charge in [0.1, 0.15) is 11.2 Å². The minimum absolute atomic E-state index is 0.0692. The normalized spacial score (nSPS) is 20.7. The van der Waals surface area contributed by atoms with Gasteiger partial charge in [-0.25, -0.2) is 18.5 Å². The van der Waals surface area contributed by atoms with E-state index in [0.717, 1.165) is 12.1 Å². The molecule has 0 spiro atoms. The highest BCUT2D eigenvalue weighted by Crippen LogP contribution is 2.37. The van der Waals surface area contributed by atoms with Gasteiger partial charge in [0.2, 0.25) is 11.8 Å². The molecule has 4 amide bonds. The van der Waals surface area contributed by atoms with Gasteiger partial charge in [-0.05, 0) is 30.7 Å². The van der Waals surface area contributed by atoms with E-state index in [1.165, 1.54) is 4.90 Å². The molecular formula is C23H19F2N3O3. The molecule has 2 heterocycles. The van der Waals surface area contributed by atoms with Gasteiger partial charge >= 0.3 is 6.03 Å². The van der Waals surface area contributed by atoms with Crippen LogP contribution in [0, 0.1) is 23.5 Å². The van der Waals surface area contributed by atoms with Crippen LogP contribution in [-0.4, -0.2) is 41.4 Å². The van der Waals surface area contributed by atoms with Crippen molar-refractivity contribution >= 4 is 23.5 Å². The van der Waals surface area contributed by atoms with Crippen molar-refractivity contribution in [2.24, 2.45) is 0 Å². The monoisotopic (exact) mass is 423 g/mol. The zero-order valence-corrected chi connectivity index (χ0v) is 16.7. The van der Waals surface area contributed by atoms with Gasteiger partial charge in [-0.2, -0.15) is 0 Å². The lowest BCUT2D eigenvalue weighted by molar-refractivity contribution is -0.141. The predicted molar refractivity (Wildman–Crippen MR) is 109 cm³/mol. The third-order valence-corrected chi connectivity index (χ3v) is 5.63. The van der Waals surface area contributed by atoms with Crippen LogP contribution in [0.2, 0.25) is 0 Å². The molecule has 0 aliphatic carbocycles. The predicted octanol–water partition coefficient (Wildman–Crippen LogP) is 2.80. The molecule has 0 unspecified atom stereocenters. The van der Waals surface area contributed by atoms with Gasteiger partial charge in [-0.15, -0.1) is 0 Å². The Morgan fingerprint density at radius 1 is 1.03 bits per heavy atom. The standard InChI is InChI=1S/C23H19F2N3O3/c1-2-23-14-19(29)28(22(31)27(23)11-10-26-21(23)30)20-17(24)12-16(13-18(20)25)9-8-15-6-4-3-5-7-15/h3-7,12-13H,2,10-11,14H2,1H3,(H,26,30)/t23-/m0/s1. The van der Waals surface area contributed by atoms with Crippen molar-refractivity contribution in [3.63, 3.8) is 0 Å². The number of hydrogen-bond donors (Lipinski definition) is 1. The summed E-state index contributed by atoms with van der Waals surface area (Å²) in [7, 11) is 0. The Bertz CT molecular complexity index is 1120. The summed E-state index contributed by atoms with van der Waals surface area (Å²) in [5, 5.41) is 2.66. The molecule has 1 N–H and O–H groups in total. The minimum atomic E-state index is -1.34. The summed E-state index contributed by atoms with van der Waals surface area (Å²) in [5.41, 5.74) is -1.35. The Labute approximate surface area is 177 Å². The third-order valence-electron chi connectivity index (χ3n) is 5.63. The molecule has 2 aromatic carbocycles. The maximum absolute atomic E-state index is 14.9. The van der Waals surface area contributed by atoms with E-state index in [0.29, 0.717) is 10.5 Å². The Morgan fingerprint density at radius 2 is 1.68 bits per heavy atom. The summed E-state index contributed by atoms with van der Waals surface area (Å²) in [6, 6.07) is 9.98. The van der Waals surface area contributed by atoms with E-state index in [9.17, 15) is 23.2 Å². The molecule has 4 rings (SSSR count). The maximum atomic E-state index is 14.9. The second-order valence-corrected chi connectivity index (χ2v) is 7.39. The number of nitrogens with one attached hydrogen (secondary N) is 1. The first kappa shape index (κ1) is 20.5. The number of carbonyl (C=O) groups is 3. The quantitative estimate of drug-likeness (QED) is 0.756. The molecule has 31 heavy (non-hydrogen) atoms. The molecule has 0 radical (unpaired) electrons. The average Bonchev–Trinajstić information content (AvgIpc) is 2.75. The lowest BCUT2D eigenvalue weighted by atomic mass is 9.84. The Kier molecular flexibility index (Phi) is 5.19. The second-order valence-electron chi connectivity index (χ2n) is 7.39. The number of nitrogens with zero attached hydrogens (tertiary/aromatic N) is 2. The molecule has 2 aromatic rings. The largest absolute Gasteiger partial charge is 0.352 e. The van der Waals surface area contributed by atoms with E-state index in [1.807, 2.05) is 6.07 Å². The number of urea groups is 1. The molecule has 0 bridgehead atoms. The van der Waals surface area contributed by atoms with Crippen LogP contribution >= 0.6 is 0 Å².